The number of amides is 1. The predicted molar refractivity (Wildman–Crippen MR) is 81.8 cm³/mol. The average molecular weight is 308 g/mol. The predicted octanol–water partition coefficient (Wildman–Crippen LogP) is 0.850. The maximum atomic E-state index is 12.6. The number of nitrogens with zero attached hydrogens (tertiary/aromatic N) is 2. The van der Waals surface area contributed by atoms with Gasteiger partial charge in [-0.1, -0.05) is 13.8 Å². The van der Waals surface area contributed by atoms with E-state index < -0.39 is 10.8 Å². The Morgan fingerprint density at radius 2 is 2.24 bits per heavy atom. The van der Waals surface area contributed by atoms with E-state index in [1.54, 1.807) is 27.8 Å². The van der Waals surface area contributed by atoms with Gasteiger partial charge < -0.3 is 9.47 Å². The maximum Gasteiger partial charge on any atom is 0.263 e. The summed E-state index contributed by atoms with van der Waals surface area (Å²) in [4.78, 5) is 26.8. The Labute approximate surface area is 126 Å². The molecule has 3 atom stereocenters. The topological polar surface area (TPSA) is 59.4 Å². The minimum Gasteiger partial charge on any atom is -0.333 e. The smallest absolute Gasteiger partial charge is 0.263 e. The molecular weight excluding hydrogens is 288 g/mol. The van der Waals surface area contributed by atoms with Gasteiger partial charge in [-0.3, -0.25) is 13.8 Å². The van der Waals surface area contributed by atoms with Gasteiger partial charge in [-0.2, -0.15) is 0 Å². The number of hydrogen-bond acceptors (Lipinski definition) is 3. The van der Waals surface area contributed by atoms with Crippen LogP contribution in [0.3, 0.4) is 0 Å². The zero-order valence-corrected chi connectivity index (χ0v) is 13.1. The molecule has 2 bridgehead atoms. The largest absolute Gasteiger partial charge is 0.333 e. The van der Waals surface area contributed by atoms with Crippen molar-refractivity contribution in [2.24, 2.45) is 5.92 Å². The fraction of sp³-hybridized carbons (Fsp3) is 0.600. The van der Waals surface area contributed by atoms with Gasteiger partial charge in [-0.05, 0) is 24.5 Å². The van der Waals surface area contributed by atoms with Crippen LogP contribution in [0, 0.1) is 5.92 Å². The molecule has 3 heterocycles. The molecule has 0 saturated carbocycles. The highest BCUT2D eigenvalue weighted by atomic mass is 32.2. The lowest BCUT2D eigenvalue weighted by Crippen LogP contribution is -2.44. The molecule has 114 valence electrons. The van der Waals surface area contributed by atoms with E-state index in [1.807, 2.05) is 13.8 Å². The standard InChI is InChI=1S/C15H20N2O3S/c1-10(2)7-16-5-3-4-13(14(16)18)15(19)17-8-12-6-11(17)9-21(12)20/h3-5,10-12H,6-9H2,1-2H3/t11-,12-,21?/m0/s1. The van der Waals surface area contributed by atoms with E-state index in [4.69, 9.17) is 0 Å². The van der Waals surface area contributed by atoms with Gasteiger partial charge in [-0.25, -0.2) is 0 Å². The molecule has 0 spiro atoms. The molecule has 0 aliphatic carbocycles. The molecule has 21 heavy (non-hydrogen) atoms. The van der Waals surface area contributed by atoms with Crippen molar-refractivity contribution in [3.05, 3.63) is 34.2 Å². The molecule has 5 nitrogen and oxygen atoms in total. The third kappa shape index (κ3) is 2.57. The number of likely N-dealkylation sites (tertiary alicyclic amines) is 1. The number of fused-ring (bicyclic) bond motifs is 2. The molecule has 1 aromatic rings. The number of carbonyl (C=O) groups excluding carboxylic acids is 1. The third-order valence-electron chi connectivity index (χ3n) is 4.18. The summed E-state index contributed by atoms with van der Waals surface area (Å²) >= 11 is 0. The van der Waals surface area contributed by atoms with E-state index >= 15 is 0 Å². The van der Waals surface area contributed by atoms with E-state index in [2.05, 4.69) is 0 Å². The highest BCUT2D eigenvalue weighted by Gasteiger charge is 2.45. The highest BCUT2D eigenvalue weighted by molar-refractivity contribution is 7.86. The second-order valence-electron chi connectivity index (χ2n) is 6.29. The monoisotopic (exact) mass is 308 g/mol. The number of hydrogen-bond donors (Lipinski definition) is 0. The number of rotatable bonds is 3. The van der Waals surface area contributed by atoms with Crippen molar-refractivity contribution in [2.75, 3.05) is 12.3 Å². The van der Waals surface area contributed by atoms with E-state index in [0.717, 1.165) is 6.42 Å². The zero-order valence-electron chi connectivity index (χ0n) is 12.3. The zero-order chi connectivity index (χ0) is 15.1. The van der Waals surface area contributed by atoms with Crippen LogP contribution in [0.5, 0.6) is 0 Å². The van der Waals surface area contributed by atoms with Crippen LogP contribution < -0.4 is 5.56 Å². The van der Waals surface area contributed by atoms with Crippen LogP contribution in [0.4, 0.5) is 0 Å². The molecule has 3 rings (SSSR count). The molecule has 0 aromatic carbocycles. The fourth-order valence-corrected chi connectivity index (χ4v) is 4.92. The minimum atomic E-state index is -0.799. The number of carbonyl (C=O) groups is 1. The summed E-state index contributed by atoms with van der Waals surface area (Å²) in [6.45, 7) is 5.20. The van der Waals surface area contributed by atoms with Gasteiger partial charge >= 0.3 is 0 Å². The van der Waals surface area contributed by atoms with Crippen LogP contribution in [0.15, 0.2) is 23.1 Å². The first-order chi connectivity index (χ1) is 9.97. The van der Waals surface area contributed by atoms with Gasteiger partial charge in [0.15, 0.2) is 0 Å². The molecule has 6 heteroatoms. The molecule has 1 aromatic heterocycles. The summed E-state index contributed by atoms with van der Waals surface area (Å²) in [5.41, 5.74) is 0.0107. The molecule has 1 amide bonds. The minimum absolute atomic E-state index is 0.0430. The first kappa shape index (κ1) is 14.5. The molecule has 2 saturated heterocycles. The molecule has 0 N–H and O–H groups in total. The van der Waals surface area contributed by atoms with Gasteiger partial charge in [-0.15, -0.1) is 0 Å². The summed E-state index contributed by atoms with van der Waals surface area (Å²) in [6.07, 6.45) is 2.54. The summed E-state index contributed by atoms with van der Waals surface area (Å²) in [5.74, 6) is 0.698. The average Bonchev–Trinajstić information content (AvgIpc) is 2.99. The number of aromatic nitrogens is 1. The second kappa shape index (κ2) is 5.40. The van der Waals surface area contributed by atoms with E-state index in [9.17, 15) is 13.8 Å². The Morgan fingerprint density at radius 1 is 1.48 bits per heavy atom. The normalized spacial score (nSPS) is 27.6. The lowest BCUT2D eigenvalue weighted by molar-refractivity contribution is 0.0744. The Morgan fingerprint density at radius 3 is 2.81 bits per heavy atom. The van der Waals surface area contributed by atoms with Crippen molar-refractivity contribution in [1.29, 1.82) is 0 Å². The molecular formula is C15H20N2O3S. The van der Waals surface area contributed by atoms with Crippen molar-refractivity contribution < 1.29 is 9.00 Å². The Hall–Kier alpha value is -1.43. The van der Waals surface area contributed by atoms with Crippen molar-refractivity contribution in [3.63, 3.8) is 0 Å². The molecule has 2 fully saturated rings. The van der Waals surface area contributed by atoms with Crippen LogP contribution in [0.2, 0.25) is 0 Å². The van der Waals surface area contributed by atoms with E-state index in [1.165, 1.54) is 0 Å². The van der Waals surface area contributed by atoms with Crippen LogP contribution in [0.25, 0.3) is 0 Å². The Kier molecular flexibility index (Phi) is 3.73. The molecule has 2 aliphatic rings. The highest BCUT2D eigenvalue weighted by Crippen LogP contribution is 2.31. The van der Waals surface area contributed by atoms with E-state index in [-0.39, 0.29) is 28.3 Å². The molecule has 2 aliphatic heterocycles. The summed E-state index contributed by atoms with van der Waals surface area (Å²) in [7, 11) is -0.799. The SMILES string of the molecule is CC(C)Cn1cccc(C(=O)N2C[C@@H]3C[C@H]2CS3=O)c1=O. The summed E-state index contributed by atoms with van der Waals surface area (Å²) in [6, 6.07) is 3.40. The van der Waals surface area contributed by atoms with Crippen LogP contribution in [-0.2, 0) is 17.3 Å². The van der Waals surface area contributed by atoms with Crippen LogP contribution >= 0.6 is 0 Å². The van der Waals surface area contributed by atoms with Crippen LogP contribution in [0.1, 0.15) is 30.6 Å². The molecule has 1 unspecified atom stereocenters. The Balaban J connectivity index is 1.86. The van der Waals surface area contributed by atoms with Gasteiger partial charge in [0.1, 0.15) is 5.56 Å². The quantitative estimate of drug-likeness (QED) is 0.832. The summed E-state index contributed by atoms with van der Waals surface area (Å²) in [5, 5.41) is 0.0977. The van der Waals surface area contributed by atoms with Gasteiger partial charge in [0, 0.05) is 41.9 Å². The van der Waals surface area contributed by atoms with Crippen molar-refractivity contribution in [3.8, 4) is 0 Å². The first-order valence-electron chi connectivity index (χ1n) is 7.35. The third-order valence-corrected chi connectivity index (χ3v) is 5.98. The van der Waals surface area contributed by atoms with E-state index in [0.29, 0.717) is 24.8 Å². The lowest BCUT2D eigenvalue weighted by Gasteiger charge is -2.26. The van der Waals surface area contributed by atoms with Crippen LogP contribution in [-0.4, -0.2) is 43.2 Å². The van der Waals surface area contributed by atoms with Gasteiger partial charge in [0.2, 0.25) is 0 Å². The molecule has 0 radical (unpaired) electrons. The van der Waals surface area contributed by atoms with Crippen molar-refractivity contribution in [1.82, 2.24) is 9.47 Å². The van der Waals surface area contributed by atoms with Crippen molar-refractivity contribution in [2.45, 2.75) is 38.1 Å². The first-order valence-corrected chi connectivity index (χ1v) is 8.73. The van der Waals surface area contributed by atoms with Gasteiger partial charge in [0.25, 0.3) is 11.5 Å². The van der Waals surface area contributed by atoms with Crippen molar-refractivity contribution >= 4 is 16.7 Å². The second-order valence-corrected chi connectivity index (χ2v) is 8.05. The summed E-state index contributed by atoms with van der Waals surface area (Å²) < 4.78 is 13.3. The lowest BCUT2D eigenvalue weighted by atomic mass is 10.2. The maximum absolute atomic E-state index is 12.6. The van der Waals surface area contributed by atoms with Gasteiger partial charge in [0.05, 0.1) is 5.25 Å². The Bertz CT molecular complexity index is 653. The fourth-order valence-electron chi connectivity index (χ4n) is 3.19. The number of pyridine rings is 1.